The average molecular weight is 407 g/mol. The zero-order chi connectivity index (χ0) is 20.4. The molecular weight excluding hydrogens is 384 g/mol. The Hall–Kier alpha value is -2.96. The van der Waals surface area contributed by atoms with Crippen LogP contribution in [-0.4, -0.2) is 37.5 Å². The van der Waals surface area contributed by atoms with Crippen molar-refractivity contribution >= 4 is 28.2 Å². The number of anilines is 1. The van der Waals surface area contributed by atoms with Crippen molar-refractivity contribution in [1.29, 1.82) is 0 Å². The van der Waals surface area contributed by atoms with Gasteiger partial charge in [-0.1, -0.05) is 42.5 Å². The molecule has 1 aliphatic rings. The summed E-state index contributed by atoms with van der Waals surface area (Å²) in [7, 11) is 3.42. The van der Waals surface area contributed by atoms with E-state index in [4.69, 9.17) is 4.74 Å². The molecular formula is C23H22N2O3S. The minimum atomic E-state index is -0.401. The van der Waals surface area contributed by atoms with Crippen LogP contribution in [-0.2, 0) is 17.7 Å². The molecule has 1 aromatic heterocycles. The molecule has 0 radical (unpaired) electrons. The number of thiophene rings is 1. The van der Waals surface area contributed by atoms with Crippen LogP contribution in [0.3, 0.4) is 0 Å². The summed E-state index contributed by atoms with van der Waals surface area (Å²) in [5.74, 6) is -0.636. The normalized spacial score (nSPS) is 13.6. The number of methoxy groups -OCH3 is 1. The summed E-state index contributed by atoms with van der Waals surface area (Å²) >= 11 is 1.46. The summed E-state index contributed by atoms with van der Waals surface area (Å²) in [6.45, 7) is 1.65. The topological polar surface area (TPSA) is 58.6 Å². The van der Waals surface area contributed by atoms with Gasteiger partial charge in [-0.05, 0) is 42.3 Å². The van der Waals surface area contributed by atoms with E-state index in [1.807, 2.05) is 49.5 Å². The van der Waals surface area contributed by atoms with E-state index >= 15 is 0 Å². The summed E-state index contributed by atoms with van der Waals surface area (Å²) in [6.07, 6.45) is 0.772. The van der Waals surface area contributed by atoms with Crippen LogP contribution < -0.4 is 5.32 Å². The highest BCUT2D eigenvalue weighted by Crippen LogP contribution is 2.37. The number of rotatable bonds is 4. The minimum absolute atomic E-state index is 0.235. The first kappa shape index (κ1) is 19.4. The largest absolute Gasteiger partial charge is 0.465 e. The van der Waals surface area contributed by atoms with Gasteiger partial charge in [0.2, 0.25) is 0 Å². The van der Waals surface area contributed by atoms with Gasteiger partial charge >= 0.3 is 5.97 Å². The molecule has 5 nitrogen and oxygen atoms in total. The smallest absolute Gasteiger partial charge is 0.341 e. The lowest BCUT2D eigenvalue weighted by atomic mass is 10.0. The van der Waals surface area contributed by atoms with E-state index in [2.05, 4.69) is 10.2 Å². The summed E-state index contributed by atoms with van der Waals surface area (Å²) in [4.78, 5) is 28.5. The monoisotopic (exact) mass is 406 g/mol. The number of ether oxygens (including phenoxy) is 1. The Morgan fingerprint density at radius 1 is 1.03 bits per heavy atom. The number of likely N-dealkylation sites (N-methyl/N-ethyl adjacent to an activating group) is 1. The molecule has 0 bridgehead atoms. The fourth-order valence-electron chi connectivity index (χ4n) is 3.56. The highest BCUT2D eigenvalue weighted by molar-refractivity contribution is 7.17. The number of amides is 1. The predicted octanol–water partition coefficient (Wildman–Crippen LogP) is 4.44. The van der Waals surface area contributed by atoms with Crippen LogP contribution in [0.1, 0.15) is 31.2 Å². The summed E-state index contributed by atoms with van der Waals surface area (Å²) < 4.78 is 4.98. The van der Waals surface area contributed by atoms with E-state index in [0.29, 0.717) is 16.1 Å². The lowest BCUT2D eigenvalue weighted by Crippen LogP contribution is -2.26. The summed E-state index contributed by atoms with van der Waals surface area (Å²) in [5, 5.41) is 3.50. The van der Waals surface area contributed by atoms with Gasteiger partial charge in [0.25, 0.3) is 5.91 Å². The molecule has 0 saturated carbocycles. The van der Waals surface area contributed by atoms with Crippen molar-refractivity contribution in [3.8, 4) is 11.1 Å². The van der Waals surface area contributed by atoms with Gasteiger partial charge in [0.15, 0.2) is 0 Å². The molecule has 6 heteroatoms. The van der Waals surface area contributed by atoms with Crippen molar-refractivity contribution in [2.24, 2.45) is 0 Å². The maximum Gasteiger partial charge on any atom is 0.341 e. The summed E-state index contributed by atoms with van der Waals surface area (Å²) in [5.41, 5.74) is 4.18. The van der Waals surface area contributed by atoms with Crippen LogP contribution in [0.25, 0.3) is 11.1 Å². The average Bonchev–Trinajstić information content (AvgIpc) is 3.10. The number of nitrogens with zero attached hydrogens (tertiary/aromatic N) is 1. The van der Waals surface area contributed by atoms with E-state index in [9.17, 15) is 9.59 Å². The van der Waals surface area contributed by atoms with Crippen molar-refractivity contribution in [2.45, 2.75) is 13.0 Å². The first-order valence-electron chi connectivity index (χ1n) is 9.45. The standard InChI is InChI=1S/C23H22N2O3S/c1-25-13-12-18-19(14-25)29-22(20(18)23(27)28-2)24-21(26)17-10-8-16(9-11-17)15-6-4-3-5-7-15/h3-11H,12-14H2,1-2H3,(H,24,26). The second-order valence-corrected chi connectivity index (χ2v) is 8.19. The molecule has 3 aromatic rings. The zero-order valence-corrected chi connectivity index (χ0v) is 17.2. The van der Waals surface area contributed by atoms with Crippen LogP contribution >= 0.6 is 11.3 Å². The lowest BCUT2D eigenvalue weighted by Gasteiger charge is -2.22. The Morgan fingerprint density at radius 3 is 2.41 bits per heavy atom. The molecule has 2 heterocycles. The Morgan fingerprint density at radius 2 is 1.72 bits per heavy atom. The highest BCUT2D eigenvalue weighted by Gasteiger charge is 2.28. The van der Waals surface area contributed by atoms with E-state index < -0.39 is 5.97 Å². The SMILES string of the molecule is COC(=O)c1c(NC(=O)c2ccc(-c3ccccc3)cc2)sc2c1CCN(C)C2. The lowest BCUT2D eigenvalue weighted by molar-refractivity contribution is 0.0600. The number of carbonyl (C=O) groups excluding carboxylic acids is 2. The maximum atomic E-state index is 12.8. The molecule has 1 N–H and O–H groups in total. The van der Waals surface area contributed by atoms with E-state index in [1.165, 1.54) is 18.4 Å². The number of fused-ring (bicyclic) bond motifs is 1. The molecule has 0 atom stereocenters. The van der Waals surface area contributed by atoms with Crippen LogP contribution in [0.5, 0.6) is 0 Å². The molecule has 1 aliphatic heterocycles. The third kappa shape index (κ3) is 3.95. The molecule has 4 rings (SSSR count). The van der Waals surface area contributed by atoms with Crippen LogP contribution in [0.15, 0.2) is 54.6 Å². The van der Waals surface area contributed by atoms with Gasteiger partial charge in [-0.15, -0.1) is 11.3 Å². The quantitative estimate of drug-likeness (QED) is 0.651. The third-order valence-electron chi connectivity index (χ3n) is 5.12. The number of hydrogen-bond donors (Lipinski definition) is 1. The Kier molecular flexibility index (Phi) is 5.47. The number of hydrogen-bond acceptors (Lipinski definition) is 5. The zero-order valence-electron chi connectivity index (χ0n) is 16.4. The molecule has 0 spiro atoms. The molecule has 0 unspecified atom stereocenters. The molecule has 1 amide bonds. The van der Waals surface area contributed by atoms with Gasteiger partial charge in [0.1, 0.15) is 5.00 Å². The van der Waals surface area contributed by atoms with Gasteiger partial charge in [-0.3, -0.25) is 4.79 Å². The molecule has 0 aliphatic carbocycles. The molecule has 0 saturated heterocycles. The van der Waals surface area contributed by atoms with Crippen LogP contribution in [0.2, 0.25) is 0 Å². The van der Waals surface area contributed by atoms with Gasteiger partial charge < -0.3 is 15.0 Å². The number of esters is 1. The summed E-state index contributed by atoms with van der Waals surface area (Å²) in [6, 6.07) is 17.5. The number of nitrogens with one attached hydrogen (secondary N) is 1. The molecule has 148 valence electrons. The van der Waals surface area contributed by atoms with Crippen LogP contribution in [0, 0.1) is 0 Å². The van der Waals surface area contributed by atoms with Gasteiger partial charge in [-0.25, -0.2) is 4.79 Å². The van der Waals surface area contributed by atoms with E-state index in [1.54, 1.807) is 12.1 Å². The predicted molar refractivity (Wildman–Crippen MR) is 116 cm³/mol. The first-order valence-corrected chi connectivity index (χ1v) is 10.3. The third-order valence-corrected chi connectivity index (χ3v) is 6.25. The second kappa shape index (κ2) is 8.19. The second-order valence-electron chi connectivity index (χ2n) is 7.08. The number of benzene rings is 2. The molecule has 29 heavy (non-hydrogen) atoms. The van der Waals surface area contributed by atoms with Crippen LogP contribution in [0.4, 0.5) is 5.00 Å². The Balaban J connectivity index is 1.59. The molecule has 0 fully saturated rings. The van der Waals surface area contributed by atoms with Crippen molar-refractivity contribution in [3.63, 3.8) is 0 Å². The minimum Gasteiger partial charge on any atom is -0.465 e. The Bertz CT molecular complexity index is 1040. The highest BCUT2D eigenvalue weighted by atomic mass is 32.1. The van der Waals surface area contributed by atoms with Gasteiger partial charge in [-0.2, -0.15) is 0 Å². The molecule has 2 aromatic carbocycles. The maximum absolute atomic E-state index is 12.8. The van der Waals surface area contributed by atoms with Crippen molar-refractivity contribution in [2.75, 3.05) is 26.0 Å². The van der Waals surface area contributed by atoms with Crippen molar-refractivity contribution in [1.82, 2.24) is 4.90 Å². The van der Waals surface area contributed by atoms with E-state index in [0.717, 1.165) is 41.1 Å². The number of carbonyl (C=O) groups is 2. The first-order chi connectivity index (χ1) is 14.1. The van der Waals surface area contributed by atoms with Gasteiger partial charge in [0.05, 0.1) is 12.7 Å². The van der Waals surface area contributed by atoms with Crippen molar-refractivity contribution < 1.29 is 14.3 Å². The Labute approximate surface area is 173 Å². The van der Waals surface area contributed by atoms with Crippen molar-refractivity contribution in [3.05, 3.63) is 76.2 Å². The van der Waals surface area contributed by atoms with Gasteiger partial charge in [0, 0.05) is 23.5 Å². The fourth-order valence-corrected chi connectivity index (χ4v) is 4.87. The van der Waals surface area contributed by atoms with E-state index in [-0.39, 0.29) is 5.91 Å². The fraction of sp³-hybridized carbons (Fsp3) is 0.217.